The van der Waals surface area contributed by atoms with E-state index in [-0.39, 0.29) is 6.54 Å². The van der Waals surface area contributed by atoms with Crippen LogP contribution in [0.3, 0.4) is 0 Å². The molecule has 0 aliphatic rings. The molecule has 0 spiro atoms. The van der Waals surface area contributed by atoms with Crippen LogP contribution in [-0.4, -0.2) is 0 Å². The first-order valence-electron chi connectivity index (χ1n) is 6.08. The first kappa shape index (κ1) is 13.6. The zero-order valence-corrected chi connectivity index (χ0v) is 10.9. The summed E-state index contributed by atoms with van der Waals surface area (Å²) in [6, 6.07) is 13.9. The van der Waals surface area contributed by atoms with Crippen LogP contribution in [0, 0.1) is 35.4 Å². The second-order valence-electron chi connectivity index (χ2n) is 4.38. The molecule has 0 saturated carbocycles. The minimum absolute atomic E-state index is 0.260. The zero-order valence-electron chi connectivity index (χ0n) is 10.9. The molecule has 3 nitrogen and oxygen atoms in total. The van der Waals surface area contributed by atoms with Gasteiger partial charge in [0, 0.05) is 12.1 Å². The van der Waals surface area contributed by atoms with Crippen molar-refractivity contribution < 1.29 is 4.39 Å². The summed E-state index contributed by atoms with van der Waals surface area (Å²) in [4.78, 5) is 0. The maximum atomic E-state index is 13.7. The number of nitrogens with zero attached hydrogens (tertiary/aromatic N) is 2. The van der Waals surface area contributed by atoms with Crippen LogP contribution in [0.15, 0.2) is 36.4 Å². The summed E-state index contributed by atoms with van der Waals surface area (Å²) >= 11 is 0. The lowest BCUT2D eigenvalue weighted by molar-refractivity contribution is 0.612. The van der Waals surface area contributed by atoms with Crippen molar-refractivity contribution in [3.05, 3.63) is 64.5 Å². The van der Waals surface area contributed by atoms with E-state index in [1.165, 1.54) is 6.07 Å². The standard InChI is InChI=1S/C16H12FN3/c1-11-3-2-4-16(14(11)9-19)20-10-13-6-5-12(8-18)7-15(13)17/h2-7,20H,10H2,1H3. The van der Waals surface area contributed by atoms with E-state index in [4.69, 9.17) is 10.5 Å². The minimum Gasteiger partial charge on any atom is -0.380 e. The molecule has 0 atom stereocenters. The molecule has 98 valence electrons. The Morgan fingerprint density at radius 2 is 1.95 bits per heavy atom. The highest BCUT2D eigenvalue weighted by atomic mass is 19.1. The largest absolute Gasteiger partial charge is 0.380 e. The molecule has 2 rings (SSSR count). The lowest BCUT2D eigenvalue weighted by Gasteiger charge is -2.10. The number of halogens is 1. The Morgan fingerprint density at radius 3 is 2.60 bits per heavy atom. The molecule has 0 aliphatic carbocycles. The smallest absolute Gasteiger partial charge is 0.129 e. The Labute approximate surface area is 116 Å². The first-order valence-corrected chi connectivity index (χ1v) is 6.08. The average molecular weight is 265 g/mol. The topological polar surface area (TPSA) is 59.6 Å². The normalized spacial score (nSPS) is 9.60. The van der Waals surface area contributed by atoms with Gasteiger partial charge in [0.15, 0.2) is 0 Å². The Kier molecular flexibility index (Phi) is 3.98. The van der Waals surface area contributed by atoms with E-state index in [0.717, 1.165) is 5.56 Å². The Morgan fingerprint density at radius 1 is 1.15 bits per heavy atom. The van der Waals surface area contributed by atoms with Gasteiger partial charge < -0.3 is 5.32 Å². The SMILES string of the molecule is Cc1cccc(NCc2ccc(C#N)cc2F)c1C#N. The zero-order chi connectivity index (χ0) is 14.5. The van der Waals surface area contributed by atoms with Crippen molar-refractivity contribution in [1.29, 1.82) is 10.5 Å². The molecule has 0 unspecified atom stereocenters. The van der Waals surface area contributed by atoms with Crippen LogP contribution in [-0.2, 0) is 6.54 Å². The molecule has 2 aromatic carbocycles. The summed E-state index contributed by atoms with van der Waals surface area (Å²) in [6.07, 6.45) is 0. The predicted octanol–water partition coefficient (Wildman–Crippen LogP) is 3.49. The lowest BCUT2D eigenvalue weighted by atomic mass is 10.1. The van der Waals surface area contributed by atoms with Gasteiger partial charge in [-0.05, 0) is 30.7 Å². The lowest BCUT2D eigenvalue weighted by Crippen LogP contribution is -2.04. The van der Waals surface area contributed by atoms with Crippen LogP contribution in [0.4, 0.5) is 10.1 Å². The Balaban J connectivity index is 2.20. The molecular weight excluding hydrogens is 253 g/mol. The van der Waals surface area contributed by atoms with Crippen LogP contribution < -0.4 is 5.32 Å². The highest BCUT2D eigenvalue weighted by molar-refractivity contribution is 5.60. The number of hydrogen-bond acceptors (Lipinski definition) is 3. The number of nitriles is 2. The van der Waals surface area contributed by atoms with Crippen molar-refractivity contribution in [2.24, 2.45) is 0 Å². The fourth-order valence-electron chi connectivity index (χ4n) is 1.91. The molecule has 0 bridgehead atoms. The number of nitrogens with one attached hydrogen (secondary N) is 1. The molecule has 4 heteroatoms. The van der Waals surface area contributed by atoms with Crippen molar-refractivity contribution in [3.8, 4) is 12.1 Å². The number of rotatable bonds is 3. The van der Waals surface area contributed by atoms with Gasteiger partial charge >= 0.3 is 0 Å². The summed E-state index contributed by atoms with van der Waals surface area (Å²) < 4.78 is 13.7. The molecule has 1 N–H and O–H groups in total. The number of anilines is 1. The highest BCUT2D eigenvalue weighted by Gasteiger charge is 2.07. The van der Waals surface area contributed by atoms with Gasteiger partial charge in [-0.2, -0.15) is 10.5 Å². The van der Waals surface area contributed by atoms with Crippen molar-refractivity contribution >= 4 is 5.69 Å². The molecule has 0 aromatic heterocycles. The van der Waals surface area contributed by atoms with Gasteiger partial charge in [0.25, 0.3) is 0 Å². The Hall–Kier alpha value is -2.85. The maximum Gasteiger partial charge on any atom is 0.129 e. The van der Waals surface area contributed by atoms with Crippen molar-refractivity contribution in [1.82, 2.24) is 0 Å². The van der Waals surface area contributed by atoms with E-state index in [0.29, 0.717) is 22.4 Å². The van der Waals surface area contributed by atoms with Gasteiger partial charge in [-0.1, -0.05) is 18.2 Å². The Bertz CT molecular complexity index is 723. The van der Waals surface area contributed by atoms with Crippen LogP contribution in [0.2, 0.25) is 0 Å². The molecule has 0 amide bonds. The van der Waals surface area contributed by atoms with E-state index in [2.05, 4.69) is 11.4 Å². The van der Waals surface area contributed by atoms with Crippen LogP contribution >= 0.6 is 0 Å². The average Bonchev–Trinajstić information content (AvgIpc) is 2.46. The van der Waals surface area contributed by atoms with E-state index in [1.54, 1.807) is 18.2 Å². The van der Waals surface area contributed by atoms with E-state index < -0.39 is 5.82 Å². The van der Waals surface area contributed by atoms with Crippen molar-refractivity contribution in [2.75, 3.05) is 5.32 Å². The molecule has 0 saturated heterocycles. The third-order valence-electron chi connectivity index (χ3n) is 3.04. The summed E-state index contributed by atoms with van der Waals surface area (Å²) in [7, 11) is 0. The summed E-state index contributed by atoms with van der Waals surface area (Å²) in [5.74, 6) is -0.428. The monoisotopic (exact) mass is 265 g/mol. The molecule has 0 fully saturated rings. The molecule has 0 heterocycles. The summed E-state index contributed by atoms with van der Waals surface area (Å²) in [5, 5.41) is 20.9. The fourth-order valence-corrected chi connectivity index (χ4v) is 1.91. The first-order chi connectivity index (χ1) is 9.65. The quantitative estimate of drug-likeness (QED) is 0.924. The minimum atomic E-state index is -0.428. The number of aryl methyl sites for hydroxylation is 1. The summed E-state index contributed by atoms with van der Waals surface area (Å²) in [5.41, 5.74) is 2.85. The summed E-state index contributed by atoms with van der Waals surface area (Å²) in [6.45, 7) is 2.11. The number of hydrogen-bond donors (Lipinski definition) is 1. The maximum absolute atomic E-state index is 13.7. The van der Waals surface area contributed by atoms with Gasteiger partial charge in [-0.15, -0.1) is 0 Å². The fraction of sp³-hybridized carbons (Fsp3) is 0.125. The third-order valence-corrected chi connectivity index (χ3v) is 3.04. The number of benzene rings is 2. The van der Waals surface area contributed by atoms with Gasteiger partial charge in [0.05, 0.1) is 22.9 Å². The van der Waals surface area contributed by atoms with Gasteiger partial charge in [-0.25, -0.2) is 4.39 Å². The molecule has 2 aromatic rings. The van der Waals surface area contributed by atoms with E-state index >= 15 is 0 Å². The van der Waals surface area contributed by atoms with Crippen LogP contribution in [0.5, 0.6) is 0 Å². The van der Waals surface area contributed by atoms with Crippen LogP contribution in [0.25, 0.3) is 0 Å². The van der Waals surface area contributed by atoms with E-state index in [9.17, 15) is 4.39 Å². The third kappa shape index (κ3) is 2.76. The van der Waals surface area contributed by atoms with E-state index in [1.807, 2.05) is 25.1 Å². The predicted molar refractivity (Wildman–Crippen MR) is 74.3 cm³/mol. The van der Waals surface area contributed by atoms with Gasteiger partial charge in [0.1, 0.15) is 11.9 Å². The van der Waals surface area contributed by atoms with Gasteiger partial charge in [-0.3, -0.25) is 0 Å². The highest BCUT2D eigenvalue weighted by Crippen LogP contribution is 2.20. The van der Waals surface area contributed by atoms with Crippen molar-refractivity contribution in [2.45, 2.75) is 13.5 Å². The van der Waals surface area contributed by atoms with Crippen LogP contribution in [0.1, 0.15) is 22.3 Å². The molecule has 0 radical (unpaired) electrons. The van der Waals surface area contributed by atoms with Gasteiger partial charge in [0.2, 0.25) is 0 Å². The second kappa shape index (κ2) is 5.86. The van der Waals surface area contributed by atoms with Crippen molar-refractivity contribution in [3.63, 3.8) is 0 Å². The molecule has 20 heavy (non-hydrogen) atoms. The second-order valence-corrected chi connectivity index (χ2v) is 4.38. The molecular formula is C16H12FN3. The molecule has 0 aliphatic heterocycles.